The molecule has 31 heavy (non-hydrogen) atoms. The van der Waals surface area contributed by atoms with E-state index in [2.05, 4.69) is 15.6 Å². The number of nitrogens with one attached hydrogen (secondary N) is 2. The van der Waals surface area contributed by atoms with Gasteiger partial charge in [-0.05, 0) is 25.1 Å². The smallest absolute Gasteiger partial charge is 0.340 e. The highest BCUT2D eigenvalue weighted by Crippen LogP contribution is 2.23. The van der Waals surface area contributed by atoms with E-state index >= 15 is 0 Å². The second-order valence-electron chi connectivity index (χ2n) is 6.64. The predicted molar refractivity (Wildman–Crippen MR) is 117 cm³/mol. The van der Waals surface area contributed by atoms with Gasteiger partial charge in [-0.3, -0.25) is 14.9 Å². The number of carbonyl (C=O) groups is 2. The first kappa shape index (κ1) is 21.9. The lowest BCUT2D eigenvalue weighted by molar-refractivity contribution is -0.384. The van der Waals surface area contributed by atoms with E-state index in [1.165, 1.54) is 23.5 Å². The van der Waals surface area contributed by atoms with Gasteiger partial charge in [0.15, 0.2) is 0 Å². The van der Waals surface area contributed by atoms with Gasteiger partial charge in [0.2, 0.25) is 5.91 Å². The SMILES string of the molecule is CNc1ccc([N+](=O)[O-])cc1C(=O)OCc1csc(CC(=O)Nc2ccc(C)cc2)n1. The van der Waals surface area contributed by atoms with Crippen LogP contribution in [0.2, 0.25) is 0 Å². The third kappa shape index (κ3) is 5.86. The number of aryl methyl sites for hydroxylation is 1. The molecule has 1 aromatic heterocycles. The molecule has 0 unspecified atom stereocenters. The second-order valence-corrected chi connectivity index (χ2v) is 7.58. The number of non-ortho nitro benzene ring substituents is 1. The number of benzene rings is 2. The van der Waals surface area contributed by atoms with Crippen LogP contribution in [0.1, 0.15) is 26.6 Å². The fourth-order valence-corrected chi connectivity index (χ4v) is 3.50. The maximum Gasteiger partial charge on any atom is 0.340 e. The number of ether oxygens (including phenoxy) is 1. The Balaban J connectivity index is 1.58. The lowest BCUT2D eigenvalue weighted by Gasteiger charge is -2.08. The summed E-state index contributed by atoms with van der Waals surface area (Å²) < 4.78 is 5.26. The van der Waals surface area contributed by atoms with E-state index in [4.69, 9.17) is 4.74 Å². The van der Waals surface area contributed by atoms with Crippen LogP contribution in [-0.2, 0) is 22.6 Å². The van der Waals surface area contributed by atoms with Gasteiger partial charge in [-0.2, -0.15) is 0 Å². The average molecular weight is 440 g/mol. The van der Waals surface area contributed by atoms with E-state index in [0.29, 0.717) is 22.1 Å². The summed E-state index contributed by atoms with van der Waals surface area (Å²) >= 11 is 1.29. The molecule has 0 radical (unpaired) electrons. The summed E-state index contributed by atoms with van der Waals surface area (Å²) in [5.74, 6) is -0.906. The van der Waals surface area contributed by atoms with Crippen molar-refractivity contribution in [3.05, 3.63) is 79.8 Å². The number of nitro groups is 1. The molecule has 2 aromatic carbocycles. The number of rotatable bonds is 8. The van der Waals surface area contributed by atoms with Crippen molar-refractivity contribution in [1.82, 2.24) is 4.98 Å². The van der Waals surface area contributed by atoms with Crippen LogP contribution in [-0.4, -0.2) is 28.8 Å². The number of aromatic nitrogens is 1. The van der Waals surface area contributed by atoms with Crippen LogP contribution in [0.25, 0.3) is 0 Å². The van der Waals surface area contributed by atoms with Crippen LogP contribution in [0.5, 0.6) is 0 Å². The molecule has 0 aliphatic rings. The molecule has 3 rings (SSSR count). The van der Waals surface area contributed by atoms with Crippen LogP contribution < -0.4 is 10.6 Å². The van der Waals surface area contributed by atoms with Crippen molar-refractivity contribution in [3.8, 4) is 0 Å². The lowest BCUT2D eigenvalue weighted by atomic mass is 10.1. The van der Waals surface area contributed by atoms with Gasteiger partial charge >= 0.3 is 5.97 Å². The van der Waals surface area contributed by atoms with Crippen LogP contribution in [0, 0.1) is 17.0 Å². The molecule has 0 spiro atoms. The lowest BCUT2D eigenvalue weighted by Crippen LogP contribution is -2.14. The van der Waals surface area contributed by atoms with Crippen molar-refractivity contribution >= 4 is 40.3 Å². The molecule has 0 saturated carbocycles. The predicted octanol–water partition coefficient (Wildman–Crippen LogP) is 3.94. The molecule has 0 atom stereocenters. The zero-order chi connectivity index (χ0) is 22.4. The van der Waals surface area contributed by atoms with Crippen LogP contribution in [0.3, 0.4) is 0 Å². The molecule has 0 bridgehead atoms. The monoisotopic (exact) mass is 440 g/mol. The number of hydrogen-bond acceptors (Lipinski definition) is 8. The Morgan fingerprint density at radius 1 is 1.19 bits per heavy atom. The molecule has 0 saturated heterocycles. The van der Waals surface area contributed by atoms with Crippen molar-refractivity contribution in [2.24, 2.45) is 0 Å². The molecule has 10 heteroatoms. The average Bonchev–Trinajstić information content (AvgIpc) is 3.20. The van der Waals surface area contributed by atoms with Gasteiger partial charge in [0.25, 0.3) is 5.69 Å². The van der Waals surface area contributed by atoms with E-state index < -0.39 is 10.9 Å². The van der Waals surface area contributed by atoms with Gasteiger partial charge in [0, 0.05) is 35.9 Å². The number of amides is 1. The standard InChI is InChI=1S/C21H20N4O5S/c1-13-3-5-14(6-4-13)23-19(26)10-20-24-15(12-31-20)11-30-21(27)17-9-16(25(28)29)7-8-18(17)22-2/h3-9,12,22H,10-11H2,1-2H3,(H,23,26). The van der Waals surface area contributed by atoms with E-state index in [1.807, 2.05) is 31.2 Å². The number of nitro benzene ring substituents is 1. The Labute approximate surface area is 182 Å². The Bertz CT molecular complexity index is 1110. The van der Waals surface area contributed by atoms with Crippen molar-refractivity contribution in [2.75, 3.05) is 17.7 Å². The molecular formula is C21H20N4O5S. The van der Waals surface area contributed by atoms with Gasteiger partial charge in [-0.1, -0.05) is 17.7 Å². The summed E-state index contributed by atoms with van der Waals surface area (Å²) in [6, 6.07) is 11.4. The summed E-state index contributed by atoms with van der Waals surface area (Å²) in [4.78, 5) is 39.3. The minimum atomic E-state index is -0.709. The van der Waals surface area contributed by atoms with Gasteiger partial charge in [0.05, 0.1) is 22.6 Å². The molecule has 0 aliphatic heterocycles. The number of anilines is 2. The maximum absolute atomic E-state index is 12.4. The normalized spacial score (nSPS) is 10.4. The summed E-state index contributed by atoms with van der Waals surface area (Å²) in [6.45, 7) is 1.86. The molecule has 2 N–H and O–H groups in total. The topological polar surface area (TPSA) is 123 Å². The molecule has 1 heterocycles. The molecular weight excluding hydrogens is 420 g/mol. The van der Waals surface area contributed by atoms with Crippen molar-refractivity contribution in [3.63, 3.8) is 0 Å². The fraction of sp³-hybridized carbons (Fsp3) is 0.190. The molecule has 1 amide bonds. The highest BCUT2D eigenvalue weighted by molar-refractivity contribution is 7.09. The number of hydrogen-bond donors (Lipinski definition) is 2. The fourth-order valence-electron chi connectivity index (χ4n) is 2.73. The minimum Gasteiger partial charge on any atom is -0.455 e. The summed E-state index contributed by atoms with van der Waals surface area (Å²) in [7, 11) is 1.60. The number of nitrogens with zero attached hydrogens (tertiary/aromatic N) is 2. The first-order chi connectivity index (χ1) is 14.9. The van der Waals surface area contributed by atoms with E-state index in [0.717, 1.165) is 11.6 Å². The number of thiazole rings is 1. The first-order valence-electron chi connectivity index (χ1n) is 9.29. The summed E-state index contributed by atoms with van der Waals surface area (Å²) in [6.07, 6.45) is 0.0985. The van der Waals surface area contributed by atoms with E-state index in [-0.39, 0.29) is 30.2 Å². The quantitative estimate of drug-likeness (QED) is 0.309. The first-order valence-corrected chi connectivity index (χ1v) is 10.2. The highest BCUT2D eigenvalue weighted by atomic mass is 32.1. The third-order valence-corrected chi connectivity index (χ3v) is 5.20. The highest BCUT2D eigenvalue weighted by Gasteiger charge is 2.18. The third-order valence-electron chi connectivity index (χ3n) is 4.30. The summed E-state index contributed by atoms with van der Waals surface area (Å²) in [5, 5.41) is 18.9. The van der Waals surface area contributed by atoms with Gasteiger partial charge in [0.1, 0.15) is 11.6 Å². The zero-order valence-corrected chi connectivity index (χ0v) is 17.7. The van der Waals surface area contributed by atoms with E-state index in [1.54, 1.807) is 12.4 Å². The van der Waals surface area contributed by atoms with Crippen LogP contribution in [0.15, 0.2) is 47.8 Å². The molecule has 0 aliphatic carbocycles. The Morgan fingerprint density at radius 2 is 1.94 bits per heavy atom. The largest absolute Gasteiger partial charge is 0.455 e. The van der Waals surface area contributed by atoms with Crippen LogP contribution >= 0.6 is 11.3 Å². The van der Waals surface area contributed by atoms with Gasteiger partial charge in [-0.25, -0.2) is 9.78 Å². The molecule has 9 nitrogen and oxygen atoms in total. The van der Waals surface area contributed by atoms with Gasteiger partial charge < -0.3 is 15.4 Å². The Kier molecular flexibility index (Phi) is 6.93. The van der Waals surface area contributed by atoms with E-state index in [9.17, 15) is 19.7 Å². The van der Waals surface area contributed by atoms with Crippen molar-refractivity contribution in [2.45, 2.75) is 20.0 Å². The van der Waals surface area contributed by atoms with Gasteiger partial charge in [-0.15, -0.1) is 11.3 Å². The Hall–Kier alpha value is -3.79. The van der Waals surface area contributed by atoms with Crippen molar-refractivity contribution in [1.29, 1.82) is 0 Å². The molecule has 3 aromatic rings. The maximum atomic E-state index is 12.4. The molecule has 160 valence electrons. The molecule has 0 fully saturated rings. The minimum absolute atomic E-state index is 0.0598. The van der Waals surface area contributed by atoms with Crippen LogP contribution in [0.4, 0.5) is 17.1 Å². The number of carbonyl (C=O) groups excluding carboxylic acids is 2. The zero-order valence-electron chi connectivity index (χ0n) is 16.9. The Morgan fingerprint density at radius 3 is 2.61 bits per heavy atom. The number of esters is 1. The van der Waals surface area contributed by atoms with Crippen molar-refractivity contribution < 1.29 is 19.2 Å². The second kappa shape index (κ2) is 9.81. The summed E-state index contributed by atoms with van der Waals surface area (Å²) in [5.41, 5.74) is 2.57.